The molecule has 0 unspecified atom stereocenters. The Morgan fingerprint density at radius 1 is 1.23 bits per heavy atom. The van der Waals surface area contributed by atoms with Crippen molar-refractivity contribution in [2.45, 2.75) is 26.7 Å². The topological polar surface area (TPSA) is 52.7 Å². The maximum Gasteiger partial charge on any atom is 0.316 e. The van der Waals surface area contributed by atoms with Crippen LogP contribution >= 0.6 is 0 Å². The summed E-state index contributed by atoms with van der Waals surface area (Å²) in [4.78, 5) is 28.1. The van der Waals surface area contributed by atoms with Crippen LogP contribution in [0.5, 0.6) is 0 Å². The van der Waals surface area contributed by atoms with Gasteiger partial charge in [0, 0.05) is 18.8 Å². The number of hydrogen-bond acceptors (Lipinski definition) is 3. The van der Waals surface area contributed by atoms with Gasteiger partial charge in [-0.3, -0.25) is 9.59 Å². The third-order valence-electron chi connectivity index (χ3n) is 4.16. The van der Waals surface area contributed by atoms with Crippen molar-refractivity contribution in [3.8, 4) is 0 Å². The molecule has 1 aliphatic heterocycles. The summed E-state index contributed by atoms with van der Waals surface area (Å²) in [6.45, 7) is 8.32. The first-order valence-electron chi connectivity index (χ1n) is 8.07. The van der Waals surface area contributed by atoms with Crippen molar-refractivity contribution in [2.24, 2.45) is 0 Å². The van der Waals surface area contributed by atoms with E-state index in [-0.39, 0.29) is 0 Å². The minimum Gasteiger partial charge on any atom is -0.348 e. The highest BCUT2D eigenvalue weighted by atomic mass is 16.2. The average molecular weight is 303 g/mol. The molecule has 120 valence electrons. The molecule has 22 heavy (non-hydrogen) atoms. The lowest BCUT2D eigenvalue weighted by Crippen LogP contribution is -2.43. The van der Waals surface area contributed by atoms with E-state index in [1.165, 1.54) is 0 Å². The number of carbonyl (C=O) groups is 2. The monoisotopic (exact) mass is 303 g/mol. The molecule has 0 saturated heterocycles. The van der Waals surface area contributed by atoms with E-state index in [1.807, 2.05) is 24.3 Å². The third kappa shape index (κ3) is 3.85. The Bertz CT molecular complexity index is 526. The average Bonchev–Trinajstić information content (AvgIpc) is 2.98. The molecule has 2 rings (SSSR count). The molecule has 2 amide bonds. The number of rotatable bonds is 6. The maximum absolute atomic E-state index is 12.3. The first kappa shape index (κ1) is 16.5. The van der Waals surface area contributed by atoms with Crippen LogP contribution in [0.25, 0.3) is 0 Å². The van der Waals surface area contributed by atoms with Crippen LogP contribution in [0.1, 0.15) is 25.8 Å². The standard InChI is InChI=1S/C17H25N3O2/c1-3-19(4-2)12-7-11-18-16(21)17(22)20-13-10-14-8-5-6-9-15(14)20/h5-6,8-9H,3-4,7,10-13H2,1-2H3,(H,18,21). The second-order valence-electron chi connectivity index (χ2n) is 5.47. The predicted molar refractivity (Wildman–Crippen MR) is 87.9 cm³/mol. The van der Waals surface area contributed by atoms with Crippen molar-refractivity contribution >= 4 is 17.5 Å². The fraction of sp³-hybridized carbons (Fsp3) is 0.529. The van der Waals surface area contributed by atoms with Crippen LogP contribution in [0.15, 0.2) is 24.3 Å². The molecule has 0 bridgehead atoms. The summed E-state index contributed by atoms with van der Waals surface area (Å²) in [5.74, 6) is -0.955. The van der Waals surface area contributed by atoms with Gasteiger partial charge in [0.2, 0.25) is 0 Å². The fourth-order valence-electron chi connectivity index (χ4n) is 2.79. The van der Waals surface area contributed by atoms with Crippen molar-refractivity contribution in [3.63, 3.8) is 0 Å². The lowest BCUT2D eigenvalue weighted by molar-refractivity contribution is -0.137. The Labute approximate surface area is 132 Å². The normalized spacial score (nSPS) is 13.3. The molecule has 5 nitrogen and oxygen atoms in total. The van der Waals surface area contributed by atoms with Gasteiger partial charge in [0.05, 0.1) is 0 Å². The van der Waals surface area contributed by atoms with E-state index in [0.717, 1.165) is 43.7 Å². The Balaban J connectivity index is 1.80. The zero-order chi connectivity index (χ0) is 15.9. The highest BCUT2D eigenvalue weighted by Crippen LogP contribution is 2.27. The van der Waals surface area contributed by atoms with Crippen LogP contribution in [0.4, 0.5) is 5.69 Å². The summed E-state index contributed by atoms with van der Waals surface area (Å²) in [7, 11) is 0. The smallest absolute Gasteiger partial charge is 0.316 e. The lowest BCUT2D eigenvalue weighted by atomic mass is 10.2. The van der Waals surface area contributed by atoms with E-state index in [9.17, 15) is 9.59 Å². The van der Waals surface area contributed by atoms with Gasteiger partial charge in [-0.1, -0.05) is 32.0 Å². The number of nitrogens with zero attached hydrogens (tertiary/aromatic N) is 2. The zero-order valence-electron chi connectivity index (χ0n) is 13.5. The molecule has 0 saturated carbocycles. The molecular weight excluding hydrogens is 278 g/mol. The van der Waals surface area contributed by atoms with E-state index >= 15 is 0 Å². The molecular formula is C17H25N3O2. The van der Waals surface area contributed by atoms with Gasteiger partial charge < -0.3 is 15.1 Å². The molecule has 1 aromatic rings. The van der Waals surface area contributed by atoms with Crippen LogP contribution in [0.2, 0.25) is 0 Å². The Morgan fingerprint density at radius 3 is 2.68 bits per heavy atom. The molecule has 1 heterocycles. The molecule has 0 aliphatic carbocycles. The molecule has 0 spiro atoms. The number of anilines is 1. The molecule has 0 radical (unpaired) electrons. The number of hydrogen-bond donors (Lipinski definition) is 1. The van der Waals surface area contributed by atoms with Gasteiger partial charge >= 0.3 is 11.8 Å². The van der Waals surface area contributed by atoms with E-state index < -0.39 is 11.8 Å². The molecule has 0 fully saturated rings. The first-order chi connectivity index (χ1) is 10.7. The minimum absolute atomic E-state index is 0.451. The largest absolute Gasteiger partial charge is 0.348 e. The van der Waals surface area contributed by atoms with Gasteiger partial charge in [0.1, 0.15) is 0 Å². The third-order valence-corrected chi connectivity index (χ3v) is 4.16. The van der Waals surface area contributed by atoms with Crippen LogP contribution in [-0.2, 0) is 16.0 Å². The van der Waals surface area contributed by atoms with Crippen LogP contribution in [-0.4, -0.2) is 49.4 Å². The molecule has 0 atom stereocenters. The zero-order valence-corrected chi connectivity index (χ0v) is 13.5. The van der Waals surface area contributed by atoms with Crippen molar-refractivity contribution in [1.82, 2.24) is 10.2 Å². The number of benzene rings is 1. The van der Waals surface area contributed by atoms with Gasteiger partial charge in [-0.2, -0.15) is 0 Å². The van der Waals surface area contributed by atoms with E-state index in [0.29, 0.717) is 13.1 Å². The van der Waals surface area contributed by atoms with Crippen LogP contribution in [0, 0.1) is 0 Å². The summed E-state index contributed by atoms with van der Waals surface area (Å²) >= 11 is 0. The van der Waals surface area contributed by atoms with E-state index in [2.05, 4.69) is 24.1 Å². The molecule has 5 heteroatoms. The van der Waals surface area contributed by atoms with Crippen molar-refractivity contribution < 1.29 is 9.59 Å². The van der Waals surface area contributed by atoms with Gasteiger partial charge in [-0.15, -0.1) is 0 Å². The van der Waals surface area contributed by atoms with Crippen molar-refractivity contribution in [3.05, 3.63) is 29.8 Å². The summed E-state index contributed by atoms with van der Waals surface area (Å²) < 4.78 is 0. The van der Waals surface area contributed by atoms with E-state index in [4.69, 9.17) is 0 Å². The summed E-state index contributed by atoms with van der Waals surface area (Å²) in [6.07, 6.45) is 1.68. The number of para-hydroxylation sites is 1. The first-order valence-corrected chi connectivity index (χ1v) is 8.07. The SMILES string of the molecule is CCN(CC)CCCNC(=O)C(=O)N1CCc2ccccc21. The second-order valence-corrected chi connectivity index (χ2v) is 5.47. The van der Waals surface area contributed by atoms with Gasteiger partial charge in [0.15, 0.2) is 0 Å². The number of amides is 2. The second kappa shape index (κ2) is 7.94. The highest BCUT2D eigenvalue weighted by Gasteiger charge is 2.28. The lowest BCUT2D eigenvalue weighted by Gasteiger charge is -2.19. The van der Waals surface area contributed by atoms with Crippen molar-refractivity contribution in [1.29, 1.82) is 0 Å². The summed E-state index contributed by atoms with van der Waals surface area (Å²) in [5.41, 5.74) is 2.00. The van der Waals surface area contributed by atoms with E-state index in [1.54, 1.807) is 4.90 Å². The fourth-order valence-corrected chi connectivity index (χ4v) is 2.79. The molecule has 0 aromatic heterocycles. The van der Waals surface area contributed by atoms with Crippen LogP contribution < -0.4 is 10.2 Å². The Morgan fingerprint density at radius 2 is 1.95 bits per heavy atom. The Hall–Kier alpha value is -1.88. The molecule has 1 aromatic carbocycles. The van der Waals surface area contributed by atoms with Crippen molar-refractivity contribution in [2.75, 3.05) is 37.6 Å². The Kier molecular flexibility index (Phi) is 5.95. The summed E-state index contributed by atoms with van der Waals surface area (Å²) in [5, 5.41) is 2.74. The van der Waals surface area contributed by atoms with Gasteiger partial charge in [-0.05, 0) is 44.1 Å². The minimum atomic E-state index is -0.503. The van der Waals surface area contributed by atoms with Gasteiger partial charge in [0.25, 0.3) is 0 Å². The number of nitrogens with one attached hydrogen (secondary N) is 1. The maximum atomic E-state index is 12.3. The predicted octanol–water partition coefficient (Wildman–Crippen LogP) is 1.42. The quantitative estimate of drug-likeness (QED) is 0.639. The van der Waals surface area contributed by atoms with Crippen LogP contribution in [0.3, 0.4) is 0 Å². The highest BCUT2D eigenvalue weighted by molar-refractivity contribution is 6.40. The number of fused-ring (bicyclic) bond motifs is 1. The molecule has 1 N–H and O–H groups in total. The molecule has 1 aliphatic rings. The van der Waals surface area contributed by atoms with Gasteiger partial charge in [-0.25, -0.2) is 0 Å². The summed E-state index contributed by atoms with van der Waals surface area (Å²) in [6, 6.07) is 7.75. The number of carbonyl (C=O) groups excluding carboxylic acids is 2.